The Bertz CT molecular complexity index is 256. The molecule has 1 N–H and O–H groups in total. The SMILES string of the molecule is C[C@@H]1CNC[C@@](C)(C2CCCCCCCCCCC2)O1. The van der Waals surface area contributed by atoms with E-state index in [1.165, 1.54) is 70.6 Å². The predicted molar refractivity (Wildman–Crippen MR) is 86.1 cm³/mol. The molecular weight excluding hydrogens is 246 g/mol. The first-order valence-corrected chi connectivity index (χ1v) is 9.09. The van der Waals surface area contributed by atoms with Crippen LogP contribution in [0.5, 0.6) is 0 Å². The maximum Gasteiger partial charge on any atom is 0.0810 e. The molecule has 2 rings (SSSR count). The molecule has 0 aromatic heterocycles. The van der Waals surface area contributed by atoms with Crippen LogP contribution in [-0.2, 0) is 4.74 Å². The lowest BCUT2D eigenvalue weighted by Gasteiger charge is -2.44. The molecule has 1 aliphatic heterocycles. The number of ether oxygens (including phenoxy) is 1. The molecule has 2 heteroatoms. The van der Waals surface area contributed by atoms with Gasteiger partial charge in [-0.3, -0.25) is 0 Å². The first kappa shape index (κ1) is 16.3. The van der Waals surface area contributed by atoms with Crippen LogP contribution in [0.15, 0.2) is 0 Å². The van der Waals surface area contributed by atoms with Gasteiger partial charge in [0, 0.05) is 13.1 Å². The summed E-state index contributed by atoms with van der Waals surface area (Å²) in [7, 11) is 0. The third kappa shape index (κ3) is 5.04. The average Bonchev–Trinajstić information content (AvgIpc) is 2.38. The van der Waals surface area contributed by atoms with Crippen LogP contribution < -0.4 is 5.32 Å². The van der Waals surface area contributed by atoms with E-state index in [2.05, 4.69) is 19.2 Å². The van der Waals surface area contributed by atoms with Crippen molar-refractivity contribution < 1.29 is 4.74 Å². The van der Waals surface area contributed by atoms with E-state index in [0.29, 0.717) is 6.10 Å². The van der Waals surface area contributed by atoms with Crippen molar-refractivity contribution >= 4 is 0 Å². The molecule has 2 nitrogen and oxygen atoms in total. The second kappa shape index (κ2) is 8.38. The maximum atomic E-state index is 6.38. The molecule has 0 amide bonds. The van der Waals surface area contributed by atoms with Crippen molar-refractivity contribution in [1.29, 1.82) is 0 Å². The Morgan fingerprint density at radius 1 is 0.850 bits per heavy atom. The zero-order valence-corrected chi connectivity index (χ0v) is 13.8. The van der Waals surface area contributed by atoms with Gasteiger partial charge in [0.25, 0.3) is 0 Å². The minimum atomic E-state index is 0.0712. The zero-order valence-electron chi connectivity index (χ0n) is 13.8. The Labute approximate surface area is 126 Å². The van der Waals surface area contributed by atoms with Gasteiger partial charge in [-0.15, -0.1) is 0 Å². The van der Waals surface area contributed by atoms with Crippen molar-refractivity contribution in [3.8, 4) is 0 Å². The summed E-state index contributed by atoms with van der Waals surface area (Å²) < 4.78 is 6.38. The smallest absolute Gasteiger partial charge is 0.0810 e. The summed E-state index contributed by atoms with van der Waals surface area (Å²) in [5, 5.41) is 3.58. The van der Waals surface area contributed by atoms with Gasteiger partial charge in [0.1, 0.15) is 0 Å². The van der Waals surface area contributed by atoms with Gasteiger partial charge in [-0.2, -0.15) is 0 Å². The third-order valence-corrected chi connectivity index (χ3v) is 5.35. The molecule has 118 valence electrons. The molecule has 0 aromatic carbocycles. The van der Waals surface area contributed by atoms with Gasteiger partial charge < -0.3 is 10.1 Å². The molecule has 2 aliphatic rings. The van der Waals surface area contributed by atoms with Gasteiger partial charge >= 0.3 is 0 Å². The number of hydrogen-bond donors (Lipinski definition) is 1. The fourth-order valence-corrected chi connectivity index (χ4v) is 4.08. The number of rotatable bonds is 1. The lowest BCUT2D eigenvalue weighted by atomic mass is 9.79. The average molecular weight is 281 g/mol. The van der Waals surface area contributed by atoms with Crippen LogP contribution in [-0.4, -0.2) is 24.8 Å². The zero-order chi connectivity index (χ0) is 14.3. The van der Waals surface area contributed by atoms with E-state index >= 15 is 0 Å². The van der Waals surface area contributed by atoms with Crippen LogP contribution in [0.2, 0.25) is 0 Å². The van der Waals surface area contributed by atoms with Crippen LogP contribution in [0.4, 0.5) is 0 Å². The van der Waals surface area contributed by atoms with Crippen molar-refractivity contribution in [1.82, 2.24) is 5.32 Å². The fraction of sp³-hybridized carbons (Fsp3) is 1.00. The normalized spacial score (nSPS) is 36.0. The summed E-state index contributed by atoms with van der Waals surface area (Å²) in [6.45, 7) is 6.62. The molecule has 1 saturated heterocycles. The Balaban J connectivity index is 1.90. The minimum absolute atomic E-state index is 0.0712. The molecule has 1 aliphatic carbocycles. The monoisotopic (exact) mass is 281 g/mol. The van der Waals surface area contributed by atoms with Crippen molar-refractivity contribution in [2.24, 2.45) is 5.92 Å². The van der Waals surface area contributed by atoms with Crippen molar-refractivity contribution in [3.63, 3.8) is 0 Å². The Morgan fingerprint density at radius 2 is 1.35 bits per heavy atom. The van der Waals surface area contributed by atoms with E-state index in [9.17, 15) is 0 Å². The van der Waals surface area contributed by atoms with Gasteiger partial charge in [0.2, 0.25) is 0 Å². The van der Waals surface area contributed by atoms with Crippen molar-refractivity contribution in [2.45, 2.75) is 96.2 Å². The fourth-order valence-electron chi connectivity index (χ4n) is 4.08. The van der Waals surface area contributed by atoms with Gasteiger partial charge in [-0.25, -0.2) is 0 Å². The quantitative estimate of drug-likeness (QED) is 0.754. The van der Waals surface area contributed by atoms with Crippen LogP contribution >= 0.6 is 0 Å². The summed E-state index contributed by atoms with van der Waals surface area (Å²) >= 11 is 0. The van der Waals surface area contributed by atoms with Crippen molar-refractivity contribution in [3.05, 3.63) is 0 Å². The molecule has 0 spiro atoms. The first-order valence-electron chi connectivity index (χ1n) is 9.09. The lowest BCUT2D eigenvalue weighted by Crippen LogP contribution is -2.55. The van der Waals surface area contributed by atoms with Crippen molar-refractivity contribution in [2.75, 3.05) is 13.1 Å². The number of morpholine rings is 1. The van der Waals surface area contributed by atoms with Crippen LogP contribution in [0.25, 0.3) is 0 Å². The molecule has 1 saturated carbocycles. The standard InChI is InChI=1S/C18H35NO/c1-16-14-19-15-18(2,20-16)17-12-10-8-6-4-3-5-7-9-11-13-17/h16-17,19H,3-15H2,1-2H3/t16-,18+/m1/s1. The Kier molecular flexibility index (Phi) is 6.83. The highest BCUT2D eigenvalue weighted by Gasteiger charge is 2.38. The van der Waals surface area contributed by atoms with Crippen LogP contribution in [0.3, 0.4) is 0 Å². The highest BCUT2D eigenvalue weighted by atomic mass is 16.5. The lowest BCUT2D eigenvalue weighted by molar-refractivity contribution is -0.134. The molecule has 0 aromatic rings. The Morgan fingerprint density at radius 3 is 1.85 bits per heavy atom. The largest absolute Gasteiger partial charge is 0.369 e. The second-order valence-corrected chi connectivity index (χ2v) is 7.33. The first-order chi connectivity index (χ1) is 9.71. The molecule has 2 fully saturated rings. The van der Waals surface area contributed by atoms with Crippen LogP contribution in [0, 0.1) is 5.92 Å². The second-order valence-electron chi connectivity index (χ2n) is 7.33. The topological polar surface area (TPSA) is 21.3 Å². The summed E-state index contributed by atoms with van der Waals surface area (Å²) in [5.74, 6) is 0.747. The maximum absolute atomic E-state index is 6.38. The molecule has 0 bridgehead atoms. The summed E-state index contributed by atoms with van der Waals surface area (Å²) in [6.07, 6.45) is 16.0. The number of hydrogen-bond acceptors (Lipinski definition) is 2. The Hall–Kier alpha value is -0.0800. The highest BCUT2D eigenvalue weighted by molar-refractivity contribution is 4.90. The van der Waals surface area contributed by atoms with E-state index in [0.717, 1.165) is 19.0 Å². The van der Waals surface area contributed by atoms with E-state index in [1.54, 1.807) is 0 Å². The molecule has 0 radical (unpaired) electrons. The summed E-state index contributed by atoms with van der Waals surface area (Å²) in [6, 6.07) is 0. The molecular formula is C18H35NO. The third-order valence-electron chi connectivity index (χ3n) is 5.35. The van der Waals surface area contributed by atoms with E-state index in [1.807, 2.05) is 0 Å². The summed E-state index contributed by atoms with van der Waals surface area (Å²) in [4.78, 5) is 0. The van der Waals surface area contributed by atoms with Gasteiger partial charge in [-0.05, 0) is 32.6 Å². The van der Waals surface area contributed by atoms with Gasteiger partial charge in [0.15, 0.2) is 0 Å². The van der Waals surface area contributed by atoms with E-state index in [-0.39, 0.29) is 5.60 Å². The molecule has 20 heavy (non-hydrogen) atoms. The number of nitrogens with one attached hydrogen (secondary N) is 1. The highest BCUT2D eigenvalue weighted by Crippen LogP contribution is 2.34. The molecule has 2 atom stereocenters. The molecule has 1 heterocycles. The summed E-state index contributed by atoms with van der Waals surface area (Å²) in [5.41, 5.74) is 0.0712. The van der Waals surface area contributed by atoms with E-state index < -0.39 is 0 Å². The predicted octanol–water partition coefficient (Wildman–Crippen LogP) is 4.67. The molecule has 0 unspecified atom stereocenters. The van der Waals surface area contributed by atoms with Crippen LogP contribution in [0.1, 0.15) is 84.5 Å². The van der Waals surface area contributed by atoms with Gasteiger partial charge in [0.05, 0.1) is 11.7 Å². The van der Waals surface area contributed by atoms with E-state index in [4.69, 9.17) is 4.74 Å². The van der Waals surface area contributed by atoms with Gasteiger partial charge in [-0.1, -0.05) is 57.8 Å². The minimum Gasteiger partial charge on any atom is -0.369 e.